The smallest absolute Gasteiger partial charge is 0.103 e. The van der Waals surface area contributed by atoms with Crippen molar-refractivity contribution in [2.75, 3.05) is 6.54 Å². The van der Waals surface area contributed by atoms with Crippen LogP contribution in [-0.2, 0) is 0 Å². The van der Waals surface area contributed by atoms with E-state index in [9.17, 15) is 4.39 Å². The molecule has 0 saturated carbocycles. The van der Waals surface area contributed by atoms with Crippen LogP contribution in [0.5, 0.6) is 0 Å². The SMILES string of the molecule is CC.CC(C)CC(F)C(C)C.CC(C)CNC(C)C. The fourth-order valence-corrected chi connectivity index (χ4v) is 1.19. The first kappa shape index (κ1) is 23.9. The molecular formula is C17H40FN. The fraction of sp³-hybridized carbons (Fsp3) is 1.00. The summed E-state index contributed by atoms with van der Waals surface area (Å²) in [5, 5.41) is 3.34. The van der Waals surface area contributed by atoms with Gasteiger partial charge >= 0.3 is 0 Å². The molecule has 2 heteroatoms. The van der Waals surface area contributed by atoms with Crippen LogP contribution in [0.15, 0.2) is 0 Å². The van der Waals surface area contributed by atoms with Crippen LogP contribution in [-0.4, -0.2) is 18.8 Å². The van der Waals surface area contributed by atoms with Crippen molar-refractivity contribution in [3.05, 3.63) is 0 Å². The van der Waals surface area contributed by atoms with E-state index in [1.54, 1.807) is 0 Å². The first-order valence-electron chi connectivity index (χ1n) is 8.04. The molecule has 0 saturated heterocycles. The number of alkyl halides is 1. The minimum atomic E-state index is -0.606. The Kier molecular flexibility index (Phi) is 20.1. The van der Waals surface area contributed by atoms with E-state index in [4.69, 9.17) is 0 Å². The van der Waals surface area contributed by atoms with Crippen molar-refractivity contribution >= 4 is 0 Å². The van der Waals surface area contributed by atoms with Crippen molar-refractivity contribution in [2.24, 2.45) is 17.8 Å². The Balaban J connectivity index is -0.000000239. The highest BCUT2D eigenvalue weighted by Gasteiger charge is 2.12. The van der Waals surface area contributed by atoms with Gasteiger partial charge in [0, 0.05) is 6.04 Å². The van der Waals surface area contributed by atoms with E-state index in [1.165, 1.54) is 0 Å². The van der Waals surface area contributed by atoms with Gasteiger partial charge < -0.3 is 5.32 Å². The lowest BCUT2D eigenvalue weighted by molar-refractivity contribution is 0.217. The van der Waals surface area contributed by atoms with Crippen LogP contribution in [0.4, 0.5) is 4.39 Å². The molecule has 0 aliphatic heterocycles. The van der Waals surface area contributed by atoms with Crippen LogP contribution in [0.3, 0.4) is 0 Å². The van der Waals surface area contributed by atoms with E-state index >= 15 is 0 Å². The number of halogens is 1. The van der Waals surface area contributed by atoms with Crippen LogP contribution in [0.1, 0.15) is 75.7 Å². The zero-order chi connectivity index (χ0) is 16.0. The van der Waals surface area contributed by atoms with Gasteiger partial charge in [0.2, 0.25) is 0 Å². The van der Waals surface area contributed by atoms with Gasteiger partial charge in [-0.15, -0.1) is 0 Å². The monoisotopic (exact) mass is 277 g/mol. The average Bonchev–Trinajstić information content (AvgIpc) is 2.29. The predicted molar refractivity (Wildman–Crippen MR) is 88.5 cm³/mol. The minimum Gasteiger partial charge on any atom is -0.314 e. The van der Waals surface area contributed by atoms with Gasteiger partial charge in [-0.3, -0.25) is 0 Å². The molecule has 0 aromatic rings. The molecule has 0 aromatic heterocycles. The number of hydrogen-bond acceptors (Lipinski definition) is 1. The summed E-state index contributed by atoms with van der Waals surface area (Å²) in [6.07, 6.45) is 0.0995. The summed E-state index contributed by atoms with van der Waals surface area (Å²) in [4.78, 5) is 0. The van der Waals surface area contributed by atoms with Crippen LogP contribution in [0.2, 0.25) is 0 Å². The van der Waals surface area contributed by atoms with Crippen molar-refractivity contribution in [2.45, 2.75) is 87.9 Å². The number of hydrogen-bond donors (Lipinski definition) is 1. The van der Waals surface area contributed by atoms with E-state index in [0.29, 0.717) is 18.4 Å². The number of nitrogens with one attached hydrogen (secondary N) is 1. The molecule has 1 atom stereocenters. The Bertz CT molecular complexity index is 145. The van der Waals surface area contributed by atoms with Crippen molar-refractivity contribution in [3.63, 3.8) is 0 Å². The third kappa shape index (κ3) is 27.2. The van der Waals surface area contributed by atoms with E-state index in [-0.39, 0.29) is 5.92 Å². The molecule has 0 amide bonds. The molecule has 19 heavy (non-hydrogen) atoms. The van der Waals surface area contributed by atoms with E-state index in [1.807, 2.05) is 27.7 Å². The lowest BCUT2D eigenvalue weighted by Crippen LogP contribution is -2.26. The average molecular weight is 278 g/mol. The first-order valence-corrected chi connectivity index (χ1v) is 8.04. The van der Waals surface area contributed by atoms with Crippen LogP contribution < -0.4 is 5.32 Å². The highest BCUT2D eigenvalue weighted by Crippen LogP contribution is 2.15. The van der Waals surface area contributed by atoms with Crippen LogP contribution in [0, 0.1) is 17.8 Å². The molecular weight excluding hydrogens is 237 g/mol. The van der Waals surface area contributed by atoms with Crippen molar-refractivity contribution in [1.82, 2.24) is 5.32 Å². The molecule has 0 radical (unpaired) electrons. The van der Waals surface area contributed by atoms with E-state index in [0.717, 1.165) is 12.5 Å². The summed E-state index contributed by atoms with van der Waals surface area (Å²) in [6.45, 7) is 21.9. The highest BCUT2D eigenvalue weighted by atomic mass is 19.1. The molecule has 1 unspecified atom stereocenters. The summed E-state index contributed by atoms with van der Waals surface area (Å²) >= 11 is 0. The fourth-order valence-electron chi connectivity index (χ4n) is 1.19. The zero-order valence-electron chi connectivity index (χ0n) is 15.2. The molecule has 0 aromatic carbocycles. The Morgan fingerprint density at radius 3 is 1.32 bits per heavy atom. The summed E-state index contributed by atoms with van der Waals surface area (Å²) in [5.41, 5.74) is 0. The second-order valence-electron chi connectivity index (χ2n) is 6.35. The predicted octanol–water partition coefficient (Wildman–Crippen LogP) is 5.69. The van der Waals surface area contributed by atoms with Crippen LogP contribution in [0.25, 0.3) is 0 Å². The number of rotatable bonds is 6. The molecule has 0 heterocycles. The topological polar surface area (TPSA) is 12.0 Å². The lowest BCUT2D eigenvalue weighted by Gasteiger charge is -2.13. The van der Waals surface area contributed by atoms with Gasteiger partial charge in [-0.25, -0.2) is 4.39 Å². The Morgan fingerprint density at radius 2 is 1.21 bits per heavy atom. The first-order chi connectivity index (χ1) is 8.66. The zero-order valence-corrected chi connectivity index (χ0v) is 15.2. The summed E-state index contributed by atoms with van der Waals surface area (Å²) < 4.78 is 12.8. The van der Waals surface area contributed by atoms with Crippen molar-refractivity contribution in [3.8, 4) is 0 Å². The van der Waals surface area contributed by atoms with E-state index < -0.39 is 6.17 Å². The third-order valence-corrected chi connectivity index (χ3v) is 2.35. The second kappa shape index (κ2) is 15.9. The van der Waals surface area contributed by atoms with Gasteiger partial charge in [0.05, 0.1) is 0 Å². The quantitative estimate of drug-likeness (QED) is 0.657. The maximum absolute atomic E-state index is 12.8. The molecule has 0 rings (SSSR count). The lowest BCUT2D eigenvalue weighted by atomic mass is 9.99. The second-order valence-corrected chi connectivity index (χ2v) is 6.35. The Hall–Kier alpha value is -0.110. The van der Waals surface area contributed by atoms with Gasteiger partial charge in [-0.05, 0) is 30.7 Å². The third-order valence-electron chi connectivity index (χ3n) is 2.35. The molecule has 0 aliphatic carbocycles. The molecule has 1 N–H and O–H groups in total. The summed E-state index contributed by atoms with van der Waals surface area (Å²) in [7, 11) is 0. The maximum atomic E-state index is 12.8. The minimum absolute atomic E-state index is 0.187. The standard InChI is InChI=1S/C8H17F.C7H17N.C2H6/c1-6(2)5-8(9)7(3)4;1-6(2)5-8-7(3)4;1-2/h6-8H,5H2,1-4H3;6-8H,5H2,1-4H3;1-2H3. The van der Waals surface area contributed by atoms with Gasteiger partial charge in [0.1, 0.15) is 6.17 Å². The van der Waals surface area contributed by atoms with Gasteiger partial charge in [0.15, 0.2) is 0 Å². The van der Waals surface area contributed by atoms with Gasteiger partial charge in [-0.1, -0.05) is 69.2 Å². The Labute approximate surface area is 122 Å². The molecule has 120 valence electrons. The summed E-state index contributed by atoms with van der Waals surface area (Å²) in [6, 6.07) is 0.636. The highest BCUT2D eigenvalue weighted by molar-refractivity contribution is 4.61. The molecule has 0 aliphatic rings. The van der Waals surface area contributed by atoms with E-state index in [2.05, 4.69) is 46.9 Å². The van der Waals surface area contributed by atoms with Gasteiger partial charge in [0.25, 0.3) is 0 Å². The Morgan fingerprint density at radius 1 is 0.789 bits per heavy atom. The molecule has 0 spiro atoms. The largest absolute Gasteiger partial charge is 0.314 e. The normalized spacial score (nSPS) is 12.2. The van der Waals surface area contributed by atoms with Crippen molar-refractivity contribution < 1.29 is 4.39 Å². The van der Waals surface area contributed by atoms with Gasteiger partial charge in [-0.2, -0.15) is 0 Å². The summed E-state index contributed by atoms with van der Waals surface area (Å²) in [5.74, 6) is 1.45. The molecule has 0 bridgehead atoms. The van der Waals surface area contributed by atoms with Crippen molar-refractivity contribution in [1.29, 1.82) is 0 Å². The molecule has 1 nitrogen and oxygen atoms in total. The molecule has 0 fully saturated rings. The van der Waals surface area contributed by atoms with Crippen LogP contribution >= 0.6 is 0 Å². The maximum Gasteiger partial charge on any atom is 0.103 e.